The molecule has 2 rings (SSSR count). The number of nitrogens with zero attached hydrogens (tertiary/aromatic N) is 4. The van der Waals surface area contributed by atoms with E-state index in [1.165, 1.54) is 41.6 Å². The summed E-state index contributed by atoms with van der Waals surface area (Å²) >= 11 is 0. The third-order valence-electron chi connectivity index (χ3n) is 3.20. The third kappa shape index (κ3) is 5.07. The fourth-order valence-electron chi connectivity index (χ4n) is 1.96. The fourth-order valence-corrected chi connectivity index (χ4v) is 1.96. The van der Waals surface area contributed by atoms with Crippen LogP contribution in [0.3, 0.4) is 0 Å². The lowest BCUT2D eigenvalue weighted by Gasteiger charge is -2.21. The van der Waals surface area contributed by atoms with Crippen LogP contribution in [0.1, 0.15) is 22.6 Å². The van der Waals surface area contributed by atoms with E-state index in [-0.39, 0.29) is 18.7 Å². The van der Waals surface area contributed by atoms with Crippen LogP contribution < -0.4 is 4.90 Å². The van der Waals surface area contributed by atoms with Crippen LogP contribution in [-0.2, 0) is 9.53 Å². The molecule has 8 heteroatoms. The molecule has 1 aromatic heterocycles. The number of hydrogen-bond acceptors (Lipinski definition) is 6. The second-order valence-electron chi connectivity index (χ2n) is 5.05. The van der Waals surface area contributed by atoms with Crippen molar-refractivity contribution in [1.29, 1.82) is 5.26 Å². The number of nitriles is 1. The Bertz CT molecular complexity index is 785. The minimum absolute atomic E-state index is 0.0104. The zero-order chi connectivity index (χ0) is 18.2. The van der Waals surface area contributed by atoms with Gasteiger partial charge in [-0.2, -0.15) is 5.26 Å². The van der Waals surface area contributed by atoms with E-state index < -0.39 is 24.3 Å². The van der Waals surface area contributed by atoms with Crippen molar-refractivity contribution in [3.8, 4) is 6.07 Å². The van der Waals surface area contributed by atoms with E-state index >= 15 is 0 Å². The van der Waals surface area contributed by atoms with Crippen LogP contribution in [0.25, 0.3) is 0 Å². The molecule has 1 heterocycles. The molecule has 25 heavy (non-hydrogen) atoms. The molecule has 0 aliphatic carbocycles. The first kappa shape index (κ1) is 18.0. The molecule has 1 aromatic carbocycles. The summed E-state index contributed by atoms with van der Waals surface area (Å²) in [5.41, 5.74) is 1.04. The average molecular weight is 342 g/mol. The number of aryl methyl sites for hydroxylation is 1. The fraction of sp³-hybridized carbons (Fsp3) is 0.235. The molecule has 0 bridgehead atoms. The molecular weight excluding hydrogens is 327 g/mol. The molecule has 1 amide bonds. The van der Waals surface area contributed by atoms with E-state index in [0.29, 0.717) is 11.4 Å². The maximum Gasteiger partial charge on any atom is 0.359 e. The predicted molar refractivity (Wildman–Crippen MR) is 86.0 cm³/mol. The molecule has 7 nitrogen and oxygen atoms in total. The molecular formula is C17H15FN4O3. The van der Waals surface area contributed by atoms with Gasteiger partial charge in [-0.1, -0.05) is 0 Å². The van der Waals surface area contributed by atoms with Crippen molar-refractivity contribution in [1.82, 2.24) is 9.97 Å². The maximum absolute atomic E-state index is 13.0. The lowest BCUT2D eigenvalue weighted by atomic mass is 10.2. The molecule has 128 valence electrons. The van der Waals surface area contributed by atoms with Gasteiger partial charge in [0.15, 0.2) is 12.3 Å². The third-order valence-corrected chi connectivity index (χ3v) is 3.20. The standard InChI is InChI=1S/C17H15FN4O3/c1-12-9-21-15(10-20-12)17(24)25-11-16(23)22(8-2-7-19)14-5-3-13(18)4-6-14/h3-6,9-10H,2,8,11H2,1H3. The van der Waals surface area contributed by atoms with Gasteiger partial charge in [-0.3, -0.25) is 9.78 Å². The van der Waals surface area contributed by atoms with Crippen molar-refractivity contribution >= 4 is 17.6 Å². The molecule has 0 saturated heterocycles. The van der Waals surface area contributed by atoms with E-state index in [1.807, 2.05) is 6.07 Å². The number of benzene rings is 1. The number of hydrogen-bond donors (Lipinski definition) is 0. The molecule has 0 aliphatic heterocycles. The van der Waals surface area contributed by atoms with Gasteiger partial charge in [-0.05, 0) is 31.2 Å². The number of carbonyl (C=O) groups excluding carboxylic acids is 2. The summed E-state index contributed by atoms with van der Waals surface area (Å²) in [7, 11) is 0. The van der Waals surface area contributed by atoms with Crippen molar-refractivity contribution in [3.63, 3.8) is 0 Å². The Balaban J connectivity index is 2.03. The first-order valence-corrected chi connectivity index (χ1v) is 7.40. The van der Waals surface area contributed by atoms with E-state index in [4.69, 9.17) is 10.00 Å². The Hall–Kier alpha value is -3.34. The zero-order valence-electron chi connectivity index (χ0n) is 13.5. The number of carbonyl (C=O) groups is 2. The first-order valence-electron chi connectivity index (χ1n) is 7.40. The summed E-state index contributed by atoms with van der Waals surface area (Å²) in [5.74, 6) is -1.75. The van der Waals surface area contributed by atoms with E-state index in [2.05, 4.69) is 9.97 Å². The van der Waals surface area contributed by atoms with Gasteiger partial charge in [0, 0.05) is 18.4 Å². The SMILES string of the molecule is Cc1cnc(C(=O)OCC(=O)N(CCC#N)c2ccc(F)cc2)cn1. The number of ether oxygens (including phenoxy) is 1. The van der Waals surface area contributed by atoms with Gasteiger partial charge in [0.2, 0.25) is 0 Å². The number of rotatable bonds is 6. The molecule has 0 N–H and O–H groups in total. The summed E-state index contributed by atoms with van der Waals surface area (Å²) in [6.45, 7) is 1.29. The summed E-state index contributed by atoms with van der Waals surface area (Å²) in [4.78, 5) is 33.3. The van der Waals surface area contributed by atoms with Crippen LogP contribution in [0.4, 0.5) is 10.1 Å². The highest BCUT2D eigenvalue weighted by molar-refractivity contribution is 5.96. The molecule has 0 unspecified atom stereocenters. The molecule has 0 saturated carbocycles. The Kier molecular flexibility index (Phi) is 6.12. The molecule has 0 aliphatic rings. The highest BCUT2D eigenvalue weighted by Gasteiger charge is 2.19. The summed E-state index contributed by atoms with van der Waals surface area (Å²) < 4.78 is 18.0. The Labute approximate surface area is 143 Å². The minimum atomic E-state index is -0.778. The van der Waals surface area contributed by atoms with Gasteiger partial charge in [-0.15, -0.1) is 0 Å². The largest absolute Gasteiger partial charge is 0.451 e. The van der Waals surface area contributed by atoms with Crippen molar-refractivity contribution in [2.24, 2.45) is 0 Å². The van der Waals surface area contributed by atoms with Crippen LogP contribution in [0, 0.1) is 24.1 Å². The summed E-state index contributed by atoms with van der Waals surface area (Å²) in [6.07, 6.45) is 2.76. The normalized spacial score (nSPS) is 9.96. The highest BCUT2D eigenvalue weighted by atomic mass is 19.1. The monoisotopic (exact) mass is 342 g/mol. The van der Waals surface area contributed by atoms with Crippen molar-refractivity contribution in [2.45, 2.75) is 13.3 Å². The second-order valence-corrected chi connectivity index (χ2v) is 5.05. The van der Waals surface area contributed by atoms with Crippen LogP contribution in [0.15, 0.2) is 36.7 Å². The first-order chi connectivity index (χ1) is 12.0. The number of halogens is 1. The molecule has 0 radical (unpaired) electrons. The van der Waals surface area contributed by atoms with Crippen LogP contribution >= 0.6 is 0 Å². The number of esters is 1. The quantitative estimate of drug-likeness (QED) is 0.745. The van der Waals surface area contributed by atoms with Crippen LogP contribution in [0.2, 0.25) is 0 Å². The smallest absolute Gasteiger partial charge is 0.359 e. The van der Waals surface area contributed by atoms with E-state index in [1.54, 1.807) is 6.92 Å². The van der Waals surface area contributed by atoms with E-state index in [0.717, 1.165) is 0 Å². The zero-order valence-corrected chi connectivity index (χ0v) is 13.5. The molecule has 0 atom stereocenters. The van der Waals surface area contributed by atoms with Gasteiger partial charge < -0.3 is 9.64 Å². The average Bonchev–Trinajstić information content (AvgIpc) is 2.62. The van der Waals surface area contributed by atoms with Gasteiger partial charge >= 0.3 is 5.97 Å². The van der Waals surface area contributed by atoms with Gasteiger partial charge in [0.1, 0.15) is 5.82 Å². The number of anilines is 1. The Morgan fingerprint density at radius 3 is 2.56 bits per heavy atom. The van der Waals surface area contributed by atoms with Crippen molar-refractivity contribution in [2.75, 3.05) is 18.1 Å². The van der Waals surface area contributed by atoms with Gasteiger partial charge in [0.05, 0.1) is 24.4 Å². The van der Waals surface area contributed by atoms with Crippen LogP contribution in [0.5, 0.6) is 0 Å². The van der Waals surface area contributed by atoms with Crippen molar-refractivity contribution in [3.05, 3.63) is 53.9 Å². The van der Waals surface area contributed by atoms with E-state index in [9.17, 15) is 14.0 Å². The van der Waals surface area contributed by atoms with Crippen LogP contribution in [-0.4, -0.2) is 35.0 Å². The van der Waals surface area contributed by atoms with Crippen molar-refractivity contribution < 1.29 is 18.7 Å². The lowest BCUT2D eigenvalue weighted by Crippen LogP contribution is -2.35. The lowest BCUT2D eigenvalue weighted by molar-refractivity contribution is -0.121. The summed E-state index contributed by atoms with van der Waals surface area (Å²) in [6, 6.07) is 7.17. The maximum atomic E-state index is 13.0. The Morgan fingerprint density at radius 1 is 1.24 bits per heavy atom. The molecule has 0 spiro atoms. The number of aromatic nitrogens is 2. The molecule has 0 fully saturated rings. The predicted octanol–water partition coefficient (Wildman–Crippen LogP) is 2.03. The topological polar surface area (TPSA) is 96.2 Å². The highest BCUT2D eigenvalue weighted by Crippen LogP contribution is 2.16. The Morgan fingerprint density at radius 2 is 1.96 bits per heavy atom. The van der Waals surface area contributed by atoms with Gasteiger partial charge in [0.25, 0.3) is 5.91 Å². The van der Waals surface area contributed by atoms with Gasteiger partial charge in [-0.25, -0.2) is 14.2 Å². The number of amides is 1. The minimum Gasteiger partial charge on any atom is -0.451 e. The second kappa shape index (κ2) is 8.49. The molecule has 2 aromatic rings. The summed E-state index contributed by atoms with van der Waals surface area (Å²) in [5, 5.41) is 8.73.